The minimum Gasteiger partial charge on any atom is -0.389 e. The summed E-state index contributed by atoms with van der Waals surface area (Å²) in [7, 11) is 2.06. The van der Waals surface area contributed by atoms with Gasteiger partial charge in [0.25, 0.3) is 0 Å². The van der Waals surface area contributed by atoms with Crippen molar-refractivity contribution in [1.29, 1.82) is 0 Å². The van der Waals surface area contributed by atoms with Gasteiger partial charge in [-0.25, -0.2) is 0 Å². The van der Waals surface area contributed by atoms with Crippen LogP contribution in [0.5, 0.6) is 0 Å². The van der Waals surface area contributed by atoms with E-state index in [0.29, 0.717) is 13.2 Å². The predicted molar refractivity (Wildman–Crippen MR) is 86.8 cm³/mol. The van der Waals surface area contributed by atoms with E-state index >= 15 is 0 Å². The molecule has 1 aliphatic heterocycles. The Labute approximate surface area is 131 Å². The van der Waals surface area contributed by atoms with E-state index in [-0.39, 0.29) is 12.1 Å². The van der Waals surface area contributed by atoms with Crippen molar-refractivity contribution in [1.82, 2.24) is 4.90 Å². The number of hydrogen-bond acceptors (Lipinski definition) is 3. The molecule has 1 heterocycles. The van der Waals surface area contributed by atoms with Gasteiger partial charge in [0.2, 0.25) is 0 Å². The Morgan fingerprint density at radius 1 is 1.09 bits per heavy atom. The minimum atomic E-state index is -0.372. The molecule has 114 valence electrons. The second-order valence-electron chi connectivity index (χ2n) is 6.41. The second kappa shape index (κ2) is 5.51. The van der Waals surface area contributed by atoms with Gasteiger partial charge in [0.1, 0.15) is 0 Å². The van der Waals surface area contributed by atoms with Gasteiger partial charge in [-0.1, -0.05) is 42.5 Å². The van der Waals surface area contributed by atoms with E-state index in [4.69, 9.17) is 4.74 Å². The molecule has 0 radical (unpaired) electrons. The molecule has 2 atom stereocenters. The van der Waals surface area contributed by atoms with Crippen LogP contribution in [0.2, 0.25) is 0 Å². The van der Waals surface area contributed by atoms with Gasteiger partial charge in [-0.15, -0.1) is 0 Å². The Bertz CT molecular complexity index is 698. The van der Waals surface area contributed by atoms with Gasteiger partial charge in [-0.2, -0.15) is 0 Å². The number of ether oxygens (including phenoxy) is 1. The minimum absolute atomic E-state index is 0.102. The number of fused-ring (bicyclic) bond motifs is 3. The van der Waals surface area contributed by atoms with Crippen molar-refractivity contribution in [3.8, 4) is 11.1 Å². The lowest BCUT2D eigenvalue weighted by Gasteiger charge is -2.25. The molecule has 1 aliphatic carbocycles. The molecule has 4 rings (SSSR count). The first-order chi connectivity index (χ1) is 10.7. The van der Waals surface area contributed by atoms with Crippen LogP contribution in [0.3, 0.4) is 0 Å². The highest BCUT2D eigenvalue weighted by molar-refractivity contribution is 5.76. The van der Waals surface area contributed by atoms with Crippen molar-refractivity contribution >= 4 is 0 Å². The van der Waals surface area contributed by atoms with Gasteiger partial charge in [0, 0.05) is 6.54 Å². The Kier molecular flexibility index (Phi) is 3.49. The first-order valence-corrected chi connectivity index (χ1v) is 7.88. The average molecular weight is 295 g/mol. The SMILES string of the molecule is CN(Cc1ccc2c(c1)Cc1ccccc1-2)[C@@H]1COC[C@H]1O. The summed E-state index contributed by atoms with van der Waals surface area (Å²) in [5.41, 5.74) is 6.87. The molecular weight excluding hydrogens is 274 g/mol. The van der Waals surface area contributed by atoms with Crippen LogP contribution in [-0.2, 0) is 17.7 Å². The van der Waals surface area contributed by atoms with E-state index in [1.54, 1.807) is 0 Å². The molecule has 0 amide bonds. The first-order valence-electron chi connectivity index (χ1n) is 7.88. The van der Waals surface area contributed by atoms with Crippen molar-refractivity contribution in [2.75, 3.05) is 20.3 Å². The largest absolute Gasteiger partial charge is 0.389 e. The number of rotatable bonds is 3. The first kappa shape index (κ1) is 13.9. The summed E-state index contributed by atoms with van der Waals surface area (Å²) in [5.74, 6) is 0. The maximum atomic E-state index is 9.94. The predicted octanol–water partition coefficient (Wildman–Crippen LogP) is 2.45. The lowest BCUT2D eigenvalue weighted by Crippen LogP contribution is -2.39. The topological polar surface area (TPSA) is 32.7 Å². The number of hydrogen-bond donors (Lipinski definition) is 1. The zero-order valence-electron chi connectivity index (χ0n) is 12.8. The second-order valence-corrected chi connectivity index (χ2v) is 6.41. The smallest absolute Gasteiger partial charge is 0.0950 e. The molecule has 0 spiro atoms. The summed E-state index contributed by atoms with van der Waals surface area (Å²) in [6.45, 7) is 1.91. The van der Waals surface area contributed by atoms with Crippen LogP contribution >= 0.6 is 0 Å². The van der Waals surface area contributed by atoms with Gasteiger partial charge < -0.3 is 9.84 Å². The fraction of sp³-hybridized carbons (Fsp3) is 0.368. The van der Waals surface area contributed by atoms with E-state index in [9.17, 15) is 5.11 Å². The molecule has 2 aromatic carbocycles. The molecule has 2 aromatic rings. The molecular formula is C19H21NO2. The van der Waals surface area contributed by atoms with E-state index in [1.807, 2.05) is 0 Å². The zero-order valence-corrected chi connectivity index (χ0v) is 12.8. The van der Waals surface area contributed by atoms with E-state index in [1.165, 1.54) is 27.8 Å². The van der Waals surface area contributed by atoms with Crippen LogP contribution in [0.15, 0.2) is 42.5 Å². The van der Waals surface area contributed by atoms with Gasteiger partial charge in [-0.3, -0.25) is 4.90 Å². The summed E-state index contributed by atoms with van der Waals surface area (Å²) in [6.07, 6.45) is 0.654. The van der Waals surface area contributed by atoms with Crippen LogP contribution < -0.4 is 0 Å². The number of likely N-dealkylation sites (N-methyl/N-ethyl adjacent to an activating group) is 1. The van der Waals surface area contributed by atoms with Crippen LogP contribution in [0.4, 0.5) is 0 Å². The third-order valence-electron chi connectivity index (χ3n) is 4.88. The molecule has 3 nitrogen and oxygen atoms in total. The number of benzene rings is 2. The normalized spacial score (nSPS) is 22.9. The fourth-order valence-corrected chi connectivity index (χ4v) is 3.65. The highest BCUT2D eigenvalue weighted by atomic mass is 16.5. The molecule has 22 heavy (non-hydrogen) atoms. The summed E-state index contributed by atoms with van der Waals surface area (Å²) < 4.78 is 5.35. The van der Waals surface area contributed by atoms with Crippen molar-refractivity contribution in [2.24, 2.45) is 0 Å². The van der Waals surface area contributed by atoms with Gasteiger partial charge in [-0.05, 0) is 41.3 Å². The van der Waals surface area contributed by atoms with Gasteiger partial charge in [0.15, 0.2) is 0 Å². The standard InChI is InChI=1S/C19H21NO2/c1-20(18-11-22-12-19(18)21)10-13-6-7-17-15(8-13)9-14-4-2-3-5-16(14)17/h2-8,18-19,21H,9-12H2,1H3/t18-,19-/m1/s1. The average Bonchev–Trinajstić information content (AvgIpc) is 3.10. The molecule has 1 fully saturated rings. The van der Waals surface area contributed by atoms with Gasteiger partial charge in [0.05, 0.1) is 25.4 Å². The maximum Gasteiger partial charge on any atom is 0.0950 e. The molecule has 0 saturated carbocycles. The third-order valence-corrected chi connectivity index (χ3v) is 4.88. The van der Waals surface area contributed by atoms with Crippen LogP contribution in [-0.4, -0.2) is 42.4 Å². The van der Waals surface area contributed by atoms with Crippen LogP contribution in [0.1, 0.15) is 16.7 Å². The molecule has 3 heteroatoms. The van der Waals surface area contributed by atoms with E-state index < -0.39 is 0 Å². The summed E-state index contributed by atoms with van der Waals surface area (Å²) in [5, 5.41) is 9.94. The fourth-order valence-electron chi connectivity index (χ4n) is 3.65. The van der Waals surface area contributed by atoms with E-state index in [0.717, 1.165) is 13.0 Å². The highest BCUT2D eigenvalue weighted by Crippen LogP contribution is 2.36. The highest BCUT2D eigenvalue weighted by Gasteiger charge is 2.29. The molecule has 0 unspecified atom stereocenters. The molecule has 0 aromatic heterocycles. The lowest BCUT2D eigenvalue weighted by atomic mass is 10.0. The van der Waals surface area contributed by atoms with Crippen molar-refractivity contribution in [2.45, 2.75) is 25.1 Å². The van der Waals surface area contributed by atoms with Gasteiger partial charge >= 0.3 is 0 Å². The molecule has 1 saturated heterocycles. The van der Waals surface area contributed by atoms with Crippen LogP contribution in [0, 0.1) is 0 Å². The monoisotopic (exact) mass is 295 g/mol. The molecule has 0 bridgehead atoms. The number of aliphatic hydroxyl groups excluding tert-OH is 1. The lowest BCUT2D eigenvalue weighted by molar-refractivity contribution is 0.0925. The van der Waals surface area contributed by atoms with E-state index in [2.05, 4.69) is 54.4 Å². The van der Waals surface area contributed by atoms with Crippen molar-refractivity contribution in [3.05, 3.63) is 59.2 Å². The maximum absolute atomic E-state index is 9.94. The Morgan fingerprint density at radius 2 is 1.91 bits per heavy atom. The summed E-state index contributed by atoms with van der Waals surface area (Å²) >= 11 is 0. The summed E-state index contributed by atoms with van der Waals surface area (Å²) in [4.78, 5) is 2.20. The molecule has 2 aliphatic rings. The Balaban J connectivity index is 1.55. The Hall–Kier alpha value is -1.68. The third kappa shape index (κ3) is 2.35. The molecule has 1 N–H and O–H groups in total. The zero-order chi connectivity index (χ0) is 15.1. The number of nitrogens with zero attached hydrogens (tertiary/aromatic N) is 1. The number of aliphatic hydroxyl groups is 1. The van der Waals surface area contributed by atoms with Crippen molar-refractivity contribution in [3.63, 3.8) is 0 Å². The van der Waals surface area contributed by atoms with Crippen LogP contribution in [0.25, 0.3) is 11.1 Å². The summed E-state index contributed by atoms with van der Waals surface area (Å²) in [6, 6.07) is 15.5. The quantitative estimate of drug-likeness (QED) is 0.805. The Morgan fingerprint density at radius 3 is 2.73 bits per heavy atom. The van der Waals surface area contributed by atoms with Crippen molar-refractivity contribution < 1.29 is 9.84 Å².